The van der Waals surface area contributed by atoms with Crippen LogP contribution in [-0.2, 0) is 0 Å². The average molecular weight is 401 g/mol. The van der Waals surface area contributed by atoms with Gasteiger partial charge in [0.25, 0.3) is 5.91 Å². The van der Waals surface area contributed by atoms with Gasteiger partial charge in [-0.3, -0.25) is 4.79 Å². The summed E-state index contributed by atoms with van der Waals surface area (Å²) in [5, 5.41) is 9.79. The molecule has 0 bridgehead atoms. The highest BCUT2D eigenvalue weighted by Crippen LogP contribution is 2.29. The number of benzene rings is 1. The lowest BCUT2D eigenvalue weighted by atomic mass is 10.2. The van der Waals surface area contributed by atoms with Crippen molar-refractivity contribution < 1.29 is 4.79 Å². The van der Waals surface area contributed by atoms with Crippen molar-refractivity contribution in [1.29, 1.82) is 5.26 Å². The third-order valence-corrected chi connectivity index (χ3v) is 5.75. The summed E-state index contributed by atoms with van der Waals surface area (Å²) in [5.74, 6) is 0.771. The van der Waals surface area contributed by atoms with E-state index < -0.39 is 0 Å². The Hall–Kier alpha value is -3.37. The summed E-state index contributed by atoms with van der Waals surface area (Å²) in [4.78, 5) is 27.0. The first-order valence-corrected chi connectivity index (χ1v) is 10.1. The van der Waals surface area contributed by atoms with Crippen molar-refractivity contribution in [2.75, 3.05) is 31.1 Å². The number of nitriles is 1. The van der Waals surface area contributed by atoms with E-state index in [4.69, 9.17) is 5.26 Å². The zero-order valence-corrected chi connectivity index (χ0v) is 16.5. The van der Waals surface area contributed by atoms with Gasteiger partial charge in [0, 0.05) is 43.5 Å². The van der Waals surface area contributed by atoms with Gasteiger partial charge in [-0.2, -0.15) is 5.26 Å². The second kappa shape index (κ2) is 8.76. The second-order valence-corrected chi connectivity index (χ2v) is 7.63. The molecular weight excluding hydrogens is 382 g/mol. The van der Waals surface area contributed by atoms with Crippen LogP contribution in [0.1, 0.15) is 15.9 Å². The highest BCUT2D eigenvalue weighted by Gasteiger charge is 2.25. The summed E-state index contributed by atoms with van der Waals surface area (Å²) >= 11 is 1.50. The van der Waals surface area contributed by atoms with Crippen LogP contribution in [0.25, 0.3) is 0 Å². The van der Waals surface area contributed by atoms with Crippen LogP contribution in [0.5, 0.6) is 0 Å². The Morgan fingerprint density at radius 3 is 2.52 bits per heavy atom. The van der Waals surface area contributed by atoms with Gasteiger partial charge in [0.2, 0.25) is 0 Å². The molecule has 144 valence electrons. The van der Waals surface area contributed by atoms with E-state index in [1.165, 1.54) is 11.8 Å². The molecular formula is C22H19N5OS. The highest BCUT2D eigenvalue weighted by atomic mass is 32.2. The number of amides is 1. The van der Waals surface area contributed by atoms with Crippen molar-refractivity contribution >= 4 is 23.5 Å². The summed E-state index contributed by atoms with van der Waals surface area (Å²) in [7, 11) is 0. The molecule has 4 rings (SSSR count). The first kappa shape index (κ1) is 19.0. The molecule has 0 spiro atoms. The van der Waals surface area contributed by atoms with Crippen LogP contribution in [0.2, 0.25) is 0 Å². The largest absolute Gasteiger partial charge is 0.353 e. The van der Waals surface area contributed by atoms with Crippen molar-refractivity contribution in [2.24, 2.45) is 0 Å². The zero-order chi connectivity index (χ0) is 20.1. The van der Waals surface area contributed by atoms with Gasteiger partial charge >= 0.3 is 0 Å². The molecule has 1 aliphatic heterocycles. The van der Waals surface area contributed by atoms with Crippen LogP contribution in [0, 0.1) is 11.3 Å². The quantitative estimate of drug-likeness (QED) is 0.667. The van der Waals surface area contributed by atoms with Crippen LogP contribution in [0.3, 0.4) is 0 Å². The molecule has 3 aromatic rings. The first-order valence-electron chi connectivity index (χ1n) is 9.33. The number of carbonyl (C=O) groups is 1. The van der Waals surface area contributed by atoms with Crippen LogP contribution < -0.4 is 4.90 Å². The highest BCUT2D eigenvalue weighted by molar-refractivity contribution is 7.99. The van der Waals surface area contributed by atoms with Crippen LogP contribution >= 0.6 is 11.8 Å². The average Bonchev–Trinajstić information content (AvgIpc) is 2.80. The molecule has 0 atom stereocenters. The van der Waals surface area contributed by atoms with Crippen molar-refractivity contribution in [3.63, 3.8) is 0 Å². The van der Waals surface area contributed by atoms with E-state index in [0.717, 1.165) is 15.7 Å². The summed E-state index contributed by atoms with van der Waals surface area (Å²) in [6, 6.07) is 19.2. The van der Waals surface area contributed by atoms with E-state index in [9.17, 15) is 4.79 Å². The Balaban J connectivity index is 1.46. The minimum absolute atomic E-state index is 0.00471. The maximum absolute atomic E-state index is 13.1. The molecule has 1 saturated heterocycles. The maximum atomic E-state index is 13.1. The summed E-state index contributed by atoms with van der Waals surface area (Å²) in [6.45, 7) is 2.55. The summed E-state index contributed by atoms with van der Waals surface area (Å²) in [5.41, 5.74) is 1.21. The van der Waals surface area contributed by atoms with Crippen molar-refractivity contribution in [3.05, 3.63) is 78.1 Å². The number of hydrogen-bond acceptors (Lipinski definition) is 6. The predicted octanol–water partition coefficient (Wildman–Crippen LogP) is 3.46. The molecule has 1 aromatic carbocycles. The maximum Gasteiger partial charge on any atom is 0.256 e. The third-order valence-electron chi connectivity index (χ3n) is 4.72. The van der Waals surface area contributed by atoms with E-state index in [1.807, 2.05) is 41.3 Å². The fraction of sp³-hybridized carbons (Fsp3) is 0.182. The van der Waals surface area contributed by atoms with E-state index in [2.05, 4.69) is 20.9 Å². The Kier molecular flexibility index (Phi) is 5.73. The van der Waals surface area contributed by atoms with Crippen LogP contribution in [0.4, 0.5) is 5.82 Å². The van der Waals surface area contributed by atoms with Gasteiger partial charge in [-0.1, -0.05) is 30.0 Å². The number of anilines is 1. The number of piperazine rings is 1. The summed E-state index contributed by atoms with van der Waals surface area (Å²) < 4.78 is 0. The number of nitrogens with zero attached hydrogens (tertiary/aromatic N) is 5. The molecule has 1 amide bonds. The lowest BCUT2D eigenvalue weighted by Gasteiger charge is -2.35. The van der Waals surface area contributed by atoms with Crippen molar-refractivity contribution in [2.45, 2.75) is 9.92 Å². The summed E-state index contributed by atoms with van der Waals surface area (Å²) in [6.07, 6.45) is 3.36. The molecule has 7 heteroatoms. The van der Waals surface area contributed by atoms with E-state index in [0.29, 0.717) is 37.3 Å². The number of rotatable bonds is 4. The van der Waals surface area contributed by atoms with E-state index >= 15 is 0 Å². The molecule has 1 fully saturated rings. The topological polar surface area (TPSA) is 73.1 Å². The van der Waals surface area contributed by atoms with E-state index in [-0.39, 0.29) is 5.91 Å². The number of hydrogen-bond donors (Lipinski definition) is 0. The van der Waals surface area contributed by atoms with Gasteiger partial charge in [-0.25, -0.2) is 9.97 Å². The van der Waals surface area contributed by atoms with Gasteiger partial charge < -0.3 is 9.80 Å². The van der Waals surface area contributed by atoms with E-state index in [1.54, 1.807) is 30.6 Å². The molecule has 1 aliphatic rings. The van der Waals surface area contributed by atoms with Crippen molar-refractivity contribution in [3.8, 4) is 6.07 Å². The molecule has 0 unspecified atom stereocenters. The van der Waals surface area contributed by atoms with Gasteiger partial charge in [0.05, 0.1) is 17.2 Å². The Morgan fingerprint density at radius 2 is 1.76 bits per heavy atom. The molecule has 0 saturated carbocycles. The lowest BCUT2D eigenvalue weighted by molar-refractivity contribution is 0.0742. The molecule has 0 radical (unpaired) electrons. The normalized spacial score (nSPS) is 13.8. The Labute approximate surface area is 173 Å². The molecule has 3 heterocycles. The van der Waals surface area contributed by atoms with Gasteiger partial charge in [-0.15, -0.1) is 0 Å². The van der Waals surface area contributed by atoms with Crippen LogP contribution in [-0.4, -0.2) is 47.0 Å². The fourth-order valence-electron chi connectivity index (χ4n) is 3.20. The van der Waals surface area contributed by atoms with Crippen LogP contribution in [0.15, 0.2) is 76.9 Å². The predicted molar refractivity (Wildman–Crippen MR) is 112 cm³/mol. The third kappa shape index (κ3) is 4.39. The molecule has 2 aromatic heterocycles. The molecule has 0 aliphatic carbocycles. The standard InChI is InChI=1S/C22H19N5OS/c23-16-17-8-10-24-20(15-17)26-11-13-27(14-12-26)22(28)19-7-4-9-25-21(19)29-18-5-2-1-3-6-18/h1-10,15H,11-14H2. The zero-order valence-electron chi connectivity index (χ0n) is 15.7. The molecule has 6 nitrogen and oxygen atoms in total. The molecule has 29 heavy (non-hydrogen) atoms. The van der Waals surface area contributed by atoms with Gasteiger partial charge in [-0.05, 0) is 36.4 Å². The minimum Gasteiger partial charge on any atom is -0.353 e. The number of aromatic nitrogens is 2. The SMILES string of the molecule is N#Cc1ccnc(N2CCN(C(=O)c3cccnc3Sc3ccccc3)CC2)c1. The minimum atomic E-state index is -0.00471. The second-order valence-electron chi connectivity index (χ2n) is 6.56. The van der Waals surface area contributed by atoms with Crippen molar-refractivity contribution in [1.82, 2.24) is 14.9 Å². The monoisotopic (exact) mass is 401 g/mol. The first-order chi connectivity index (χ1) is 14.2. The lowest BCUT2D eigenvalue weighted by Crippen LogP contribution is -2.49. The Bertz CT molecular complexity index is 1040. The smallest absolute Gasteiger partial charge is 0.256 e. The van der Waals surface area contributed by atoms with Gasteiger partial charge in [0.1, 0.15) is 10.8 Å². The van der Waals surface area contributed by atoms with Gasteiger partial charge in [0.15, 0.2) is 0 Å². The molecule has 0 N–H and O–H groups in total. The Morgan fingerprint density at radius 1 is 0.966 bits per heavy atom. The fourth-order valence-corrected chi connectivity index (χ4v) is 4.10. The number of carbonyl (C=O) groups excluding carboxylic acids is 1. The number of pyridine rings is 2.